The Hall–Kier alpha value is -1.89. The molecule has 1 aliphatic heterocycles. The van der Waals surface area contributed by atoms with Crippen molar-refractivity contribution in [2.24, 2.45) is 0 Å². The molecule has 0 aromatic heterocycles. The zero-order valence-corrected chi connectivity index (χ0v) is 17.9. The lowest BCUT2D eigenvalue weighted by Gasteiger charge is -2.36. The molecule has 6 heteroatoms. The normalized spacial score (nSPS) is 16.3. The molecule has 0 aliphatic carbocycles. The van der Waals surface area contributed by atoms with Crippen molar-refractivity contribution in [3.63, 3.8) is 0 Å². The zero-order valence-electron chi connectivity index (χ0n) is 16.9. The Morgan fingerprint density at radius 1 is 1.19 bits per heavy atom. The fourth-order valence-corrected chi connectivity index (χ4v) is 3.40. The van der Waals surface area contributed by atoms with E-state index in [1.54, 1.807) is 0 Å². The van der Waals surface area contributed by atoms with Crippen molar-refractivity contribution in [2.45, 2.75) is 58.0 Å². The van der Waals surface area contributed by atoms with Crippen LogP contribution in [0.3, 0.4) is 0 Å². The molecular formula is C21H30NO4Si. The van der Waals surface area contributed by atoms with Crippen LogP contribution >= 0.6 is 0 Å². The summed E-state index contributed by atoms with van der Waals surface area (Å²) in [5.74, 6) is -0.165. The molecule has 0 saturated carbocycles. The lowest BCUT2D eigenvalue weighted by molar-refractivity contribution is -0.115. The van der Waals surface area contributed by atoms with E-state index in [0.717, 1.165) is 5.56 Å². The lowest BCUT2D eigenvalue weighted by Crippen LogP contribution is -2.41. The van der Waals surface area contributed by atoms with Gasteiger partial charge in [0, 0.05) is 25.3 Å². The Balaban J connectivity index is 2.01. The molecule has 0 saturated heterocycles. The number of ketones is 1. The summed E-state index contributed by atoms with van der Waals surface area (Å²) in [5.41, 5.74) is 1.22. The van der Waals surface area contributed by atoms with Gasteiger partial charge in [0.1, 0.15) is 18.4 Å². The number of hydrogen-bond acceptors (Lipinski definition) is 4. The number of aliphatic hydroxyl groups is 1. The Kier molecular flexibility index (Phi) is 7.03. The van der Waals surface area contributed by atoms with Gasteiger partial charge in [0.25, 0.3) is 0 Å². The highest BCUT2D eigenvalue weighted by Crippen LogP contribution is 2.36. The zero-order chi connectivity index (χ0) is 20.1. The quantitative estimate of drug-likeness (QED) is 0.686. The van der Waals surface area contributed by atoms with Gasteiger partial charge in [-0.25, -0.2) is 0 Å². The predicted octanol–water partition coefficient (Wildman–Crippen LogP) is 3.89. The Bertz CT molecular complexity index is 705. The smallest absolute Gasteiger partial charge is 0.223 e. The van der Waals surface area contributed by atoms with Crippen LogP contribution in [0.4, 0.5) is 0 Å². The second-order valence-electron chi connectivity index (χ2n) is 8.21. The molecule has 0 amide bonds. The van der Waals surface area contributed by atoms with Crippen molar-refractivity contribution in [1.82, 2.24) is 5.32 Å². The molecule has 1 unspecified atom stereocenters. The average molecular weight is 389 g/mol. The van der Waals surface area contributed by atoms with E-state index in [1.807, 2.05) is 30.3 Å². The van der Waals surface area contributed by atoms with E-state index in [0.29, 0.717) is 13.0 Å². The van der Waals surface area contributed by atoms with E-state index in [1.165, 1.54) is 12.3 Å². The Morgan fingerprint density at radius 3 is 2.48 bits per heavy atom. The molecule has 27 heavy (non-hydrogen) atoms. The number of aliphatic hydroxyl groups excluding tert-OH is 1. The second kappa shape index (κ2) is 8.86. The van der Waals surface area contributed by atoms with E-state index in [2.05, 4.69) is 39.2 Å². The van der Waals surface area contributed by atoms with Crippen molar-refractivity contribution < 1.29 is 19.1 Å². The number of benzene rings is 1. The summed E-state index contributed by atoms with van der Waals surface area (Å²) in [6.07, 6.45) is 2.22. The molecule has 2 rings (SSSR count). The molecule has 0 spiro atoms. The van der Waals surface area contributed by atoms with Crippen LogP contribution < -0.4 is 5.32 Å². The van der Waals surface area contributed by atoms with Crippen LogP contribution in [0.2, 0.25) is 18.1 Å². The van der Waals surface area contributed by atoms with Gasteiger partial charge in [-0.05, 0) is 23.7 Å². The fourth-order valence-electron chi connectivity index (χ4n) is 2.34. The largest absolute Gasteiger partial charge is 0.483 e. The molecule has 1 atom stereocenters. The van der Waals surface area contributed by atoms with Gasteiger partial charge in [-0.1, -0.05) is 51.1 Å². The van der Waals surface area contributed by atoms with E-state index in [9.17, 15) is 9.90 Å². The van der Waals surface area contributed by atoms with Crippen molar-refractivity contribution in [3.05, 3.63) is 59.6 Å². The molecule has 5 nitrogen and oxygen atoms in total. The van der Waals surface area contributed by atoms with Gasteiger partial charge in [0.2, 0.25) is 5.78 Å². The lowest BCUT2D eigenvalue weighted by atomic mass is 10.1. The fraction of sp³-hybridized carbons (Fsp3) is 0.476. The third-order valence-corrected chi connectivity index (χ3v) is 9.64. The molecule has 147 valence electrons. The van der Waals surface area contributed by atoms with Gasteiger partial charge in [-0.2, -0.15) is 0 Å². The molecule has 0 fully saturated rings. The molecule has 1 radical (unpaired) electrons. The molecular weight excluding hydrogens is 358 g/mol. The predicted molar refractivity (Wildman–Crippen MR) is 108 cm³/mol. The van der Waals surface area contributed by atoms with Gasteiger partial charge >= 0.3 is 0 Å². The molecule has 1 aromatic carbocycles. The van der Waals surface area contributed by atoms with E-state index in [-0.39, 0.29) is 28.9 Å². The average Bonchev–Trinajstić information content (AvgIpc) is 2.60. The van der Waals surface area contributed by atoms with E-state index < -0.39 is 14.4 Å². The maximum absolute atomic E-state index is 12.2. The molecule has 1 aliphatic rings. The Labute approximate surface area is 163 Å². The highest BCUT2D eigenvalue weighted by Gasteiger charge is 2.37. The minimum absolute atomic E-state index is 0.106. The van der Waals surface area contributed by atoms with Crippen LogP contribution in [0, 0.1) is 0 Å². The van der Waals surface area contributed by atoms with E-state index >= 15 is 0 Å². The van der Waals surface area contributed by atoms with Crippen molar-refractivity contribution in [3.8, 4) is 0 Å². The van der Waals surface area contributed by atoms with Gasteiger partial charge in [0.15, 0.2) is 14.1 Å². The summed E-state index contributed by atoms with van der Waals surface area (Å²) in [4.78, 5) is 12.2. The van der Waals surface area contributed by atoms with Crippen LogP contribution in [-0.4, -0.2) is 31.9 Å². The summed E-state index contributed by atoms with van der Waals surface area (Å²) in [5, 5.41) is 14.9. The van der Waals surface area contributed by atoms with Crippen molar-refractivity contribution >= 4 is 14.1 Å². The third kappa shape index (κ3) is 5.79. The minimum atomic E-state index is -1.88. The Morgan fingerprint density at radius 2 is 1.85 bits per heavy atom. The first kappa shape index (κ1) is 21.4. The van der Waals surface area contributed by atoms with Crippen molar-refractivity contribution in [2.75, 3.05) is 6.61 Å². The number of hydrogen-bond donors (Lipinski definition) is 1. The summed E-state index contributed by atoms with van der Waals surface area (Å²) in [6, 6.07) is 9.58. The minimum Gasteiger partial charge on any atom is -0.483 e. The number of allylic oxidation sites excluding steroid dienone is 1. The number of carbonyl (C=O) groups excluding carboxylic acids is 1. The van der Waals surface area contributed by atoms with E-state index in [4.69, 9.17) is 9.16 Å². The number of carbonyl (C=O) groups is 1. The highest BCUT2D eigenvalue weighted by molar-refractivity contribution is 6.74. The number of rotatable bonds is 8. The summed E-state index contributed by atoms with van der Waals surface area (Å²) < 4.78 is 11.8. The molecule has 1 heterocycles. The van der Waals surface area contributed by atoms with Gasteiger partial charge in [-0.15, -0.1) is 0 Å². The first-order chi connectivity index (χ1) is 12.6. The standard InChI is InChI=1S/C21H30NO4Si/c1-21(2,3)27(4,5)26-14-12-17(23)19-20(18(24)11-13-22-19)25-15-16-9-7-6-8-10-16/h6-11,13,17,23H,12,14-15H2,1-5H3. The maximum atomic E-state index is 12.2. The maximum Gasteiger partial charge on any atom is 0.223 e. The molecule has 1 N–H and O–H groups in total. The summed E-state index contributed by atoms with van der Waals surface area (Å²) in [6.45, 7) is 11.5. The SMILES string of the molecule is CC(C)(C)[Si](C)(C)OCCC(O)C1=C(OCc2ccccc2)C(=O)C=C[N]1. The molecule has 1 aromatic rings. The number of ether oxygens (including phenoxy) is 1. The van der Waals surface area contributed by atoms with Crippen molar-refractivity contribution in [1.29, 1.82) is 0 Å². The van der Waals surface area contributed by atoms with Crippen LogP contribution in [0.5, 0.6) is 0 Å². The van der Waals surface area contributed by atoms with Gasteiger partial charge in [0.05, 0.1) is 0 Å². The molecule has 0 bridgehead atoms. The summed E-state index contributed by atoms with van der Waals surface area (Å²) >= 11 is 0. The third-order valence-electron chi connectivity index (χ3n) is 5.10. The van der Waals surface area contributed by atoms with Gasteiger partial charge < -0.3 is 14.3 Å². The highest BCUT2D eigenvalue weighted by atomic mass is 28.4. The first-order valence-corrected chi connectivity index (χ1v) is 12.2. The first-order valence-electron chi connectivity index (χ1n) is 9.26. The summed E-state index contributed by atoms with van der Waals surface area (Å²) in [7, 11) is -1.88. The monoisotopic (exact) mass is 388 g/mol. The second-order valence-corrected chi connectivity index (χ2v) is 13.0. The van der Waals surface area contributed by atoms with Crippen LogP contribution in [0.15, 0.2) is 54.1 Å². The van der Waals surface area contributed by atoms with Gasteiger partial charge in [-0.3, -0.25) is 10.1 Å². The topological polar surface area (TPSA) is 69.9 Å². The number of nitrogens with zero attached hydrogens (tertiary/aromatic N) is 1. The van der Waals surface area contributed by atoms with Crippen LogP contribution in [0.25, 0.3) is 0 Å². The van der Waals surface area contributed by atoms with Crippen LogP contribution in [0.1, 0.15) is 32.8 Å². The van der Waals surface area contributed by atoms with Crippen LogP contribution in [-0.2, 0) is 20.6 Å².